The monoisotopic (exact) mass is 221 g/mol. The van der Waals surface area contributed by atoms with Gasteiger partial charge in [-0.25, -0.2) is 0 Å². The molecule has 0 N–H and O–H groups in total. The first-order valence-corrected chi connectivity index (χ1v) is 5.29. The van der Waals surface area contributed by atoms with Crippen LogP contribution in [0.25, 0.3) is 0 Å². The SMILES string of the molecule is C=CCC(COC)(COC)c1ccccn1. The van der Waals surface area contributed by atoms with Gasteiger partial charge in [-0.2, -0.15) is 0 Å². The fourth-order valence-corrected chi connectivity index (χ4v) is 1.92. The molecule has 0 bridgehead atoms. The minimum absolute atomic E-state index is 0.230. The van der Waals surface area contributed by atoms with Crippen molar-refractivity contribution in [3.05, 3.63) is 42.7 Å². The van der Waals surface area contributed by atoms with Crippen LogP contribution in [0, 0.1) is 0 Å². The lowest BCUT2D eigenvalue weighted by molar-refractivity contribution is 0.0583. The van der Waals surface area contributed by atoms with Crippen LogP contribution in [-0.2, 0) is 14.9 Å². The summed E-state index contributed by atoms with van der Waals surface area (Å²) in [5.41, 5.74) is 0.755. The van der Waals surface area contributed by atoms with Gasteiger partial charge >= 0.3 is 0 Å². The number of hydrogen-bond acceptors (Lipinski definition) is 3. The van der Waals surface area contributed by atoms with Gasteiger partial charge < -0.3 is 9.47 Å². The predicted octanol–water partition coefficient (Wildman–Crippen LogP) is 2.19. The molecule has 0 fully saturated rings. The molecule has 0 spiro atoms. The van der Waals surface area contributed by atoms with Gasteiger partial charge in [-0.3, -0.25) is 4.98 Å². The van der Waals surface area contributed by atoms with E-state index in [4.69, 9.17) is 9.47 Å². The molecule has 0 aliphatic heterocycles. The first-order valence-electron chi connectivity index (χ1n) is 5.29. The molecule has 0 saturated carbocycles. The number of nitrogens with zero attached hydrogens (tertiary/aromatic N) is 1. The Hall–Kier alpha value is -1.19. The Balaban J connectivity index is 3.04. The van der Waals surface area contributed by atoms with E-state index >= 15 is 0 Å². The number of aromatic nitrogens is 1. The minimum atomic E-state index is -0.230. The zero-order valence-corrected chi connectivity index (χ0v) is 9.98. The minimum Gasteiger partial charge on any atom is -0.384 e. The summed E-state index contributed by atoms with van der Waals surface area (Å²) >= 11 is 0. The highest BCUT2D eigenvalue weighted by Crippen LogP contribution is 2.27. The van der Waals surface area contributed by atoms with E-state index in [0.29, 0.717) is 13.2 Å². The van der Waals surface area contributed by atoms with Crippen LogP contribution in [0.2, 0.25) is 0 Å². The van der Waals surface area contributed by atoms with Crippen molar-refractivity contribution in [1.29, 1.82) is 0 Å². The third-order valence-corrected chi connectivity index (χ3v) is 2.58. The van der Waals surface area contributed by atoms with Gasteiger partial charge in [0.2, 0.25) is 0 Å². The molecule has 16 heavy (non-hydrogen) atoms. The highest BCUT2D eigenvalue weighted by atomic mass is 16.5. The number of pyridine rings is 1. The molecule has 0 aliphatic rings. The molecule has 1 heterocycles. The molecule has 0 amide bonds. The second-order valence-electron chi connectivity index (χ2n) is 3.85. The molecule has 0 aliphatic carbocycles. The predicted molar refractivity (Wildman–Crippen MR) is 64.5 cm³/mol. The number of ether oxygens (including phenoxy) is 2. The molecule has 1 aromatic heterocycles. The smallest absolute Gasteiger partial charge is 0.0626 e. The van der Waals surface area contributed by atoms with Gasteiger partial charge in [-0.15, -0.1) is 6.58 Å². The fraction of sp³-hybridized carbons (Fsp3) is 0.462. The molecule has 3 heteroatoms. The van der Waals surface area contributed by atoms with Crippen LogP contribution in [0.3, 0.4) is 0 Å². The summed E-state index contributed by atoms with van der Waals surface area (Å²) in [6, 6.07) is 5.88. The molecule has 88 valence electrons. The van der Waals surface area contributed by atoms with Crippen LogP contribution >= 0.6 is 0 Å². The van der Waals surface area contributed by atoms with E-state index in [0.717, 1.165) is 12.1 Å². The Labute approximate surface area is 97.1 Å². The molecular formula is C13H19NO2. The van der Waals surface area contributed by atoms with Crippen molar-refractivity contribution in [3.63, 3.8) is 0 Å². The maximum Gasteiger partial charge on any atom is 0.0626 e. The van der Waals surface area contributed by atoms with Gasteiger partial charge in [0.05, 0.1) is 24.3 Å². The van der Waals surface area contributed by atoms with Crippen molar-refractivity contribution in [1.82, 2.24) is 4.98 Å². The highest BCUT2D eigenvalue weighted by Gasteiger charge is 2.32. The number of allylic oxidation sites excluding steroid dienone is 1. The zero-order chi connectivity index (χ0) is 11.9. The summed E-state index contributed by atoms with van der Waals surface area (Å²) in [7, 11) is 3.38. The molecule has 1 rings (SSSR count). The second-order valence-corrected chi connectivity index (χ2v) is 3.85. The topological polar surface area (TPSA) is 31.4 Å². The van der Waals surface area contributed by atoms with Gasteiger partial charge in [0, 0.05) is 20.4 Å². The van der Waals surface area contributed by atoms with Crippen LogP contribution in [0.15, 0.2) is 37.1 Å². The Morgan fingerprint density at radius 1 is 1.31 bits per heavy atom. The van der Waals surface area contributed by atoms with Crippen LogP contribution < -0.4 is 0 Å². The maximum absolute atomic E-state index is 5.30. The Kier molecular flexibility index (Phi) is 5.15. The third kappa shape index (κ3) is 2.90. The summed E-state index contributed by atoms with van der Waals surface area (Å²) < 4.78 is 10.6. The quantitative estimate of drug-likeness (QED) is 0.661. The van der Waals surface area contributed by atoms with Gasteiger partial charge in [-0.05, 0) is 18.6 Å². The molecule has 0 unspecified atom stereocenters. The van der Waals surface area contributed by atoms with Crippen LogP contribution in [0.5, 0.6) is 0 Å². The molecule has 0 atom stereocenters. The molecule has 0 saturated heterocycles. The summed E-state index contributed by atoms with van der Waals surface area (Å²) in [4.78, 5) is 4.40. The lowest BCUT2D eigenvalue weighted by Crippen LogP contribution is -2.37. The van der Waals surface area contributed by atoms with Gasteiger partial charge in [0.1, 0.15) is 0 Å². The van der Waals surface area contributed by atoms with E-state index < -0.39 is 0 Å². The van der Waals surface area contributed by atoms with Crippen molar-refractivity contribution >= 4 is 0 Å². The van der Waals surface area contributed by atoms with E-state index in [1.807, 2.05) is 24.3 Å². The van der Waals surface area contributed by atoms with Crippen molar-refractivity contribution in [3.8, 4) is 0 Å². The lowest BCUT2D eigenvalue weighted by atomic mass is 9.82. The van der Waals surface area contributed by atoms with Crippen molar-refractivity contribution in [2.24, 2.45) is 0 Å². The zero-order valence-electron chi connectivity index (χ0n) is 9.98. The average Bonchev–Trinajstić information content (AvgIpc) is 2.31. The number of methoxy groups -OCH3 is 2. The molecule has 0 radical (unpaired) electrons. The first kappa shape index (κ1) is 12.9. The van der Waals surface area contributed by atoms with E-state index in [1.165, 1.54) is 0 Å². The van der Waals surface area contributed by atoms with E-state index in [2.05, 4.69) is 11.6 Å². The fourth-order valence-electron chi connectivity index (χ4n) is 1.92. The Morgan fingerprint density at radius 3 is 2.44 bits per heavy atom. The standard InChI is InChI=1S/C13H19NO2/c1-4-8-13(10-15-2,11-16-3)12-7-5-6-9-14-12/h4-7,9H,1,8,10-11H2,2-3H3. The van der Waals surface area contributed by atoms with Gasteiger partial charge in [-0.1, -0.05) is 12.1 Å². The number of rotatable bonds is 7. The van der Waals surface area contributed by atoms with Crippen LogP contribution in [0.4, 0.5) is 0 Å². The summed E-state index contributed by atoms with van der Waals surface area (Å²) in [6.07, 6.45) is 4.46. The highest BCUT2D eigenvalue weighted by molar-refractivity contribution is 5.19. The summed E-state index contributed by atoms with van der Waals surface area (Å²) in [5.74, 6) is 0. The molecule has 3 nitrogen and oxygen atoms in total. The van der Waals surface area contributed by atoms with E-state index in [9.17, 15) is 0 Å². The van der Waals surface area contributed by atoms with Crippen molar-refractivity contribution in [2.75, 3.05) is 27.4 Å². The van der Waals surface area contributed by atoms with Gasteiger partial charge in [0.25, 0.3) is 0 Å². The third-order valence-electron chi connectivity index (χ3n) is 2.58. The lowest BCUT2D eigenvalue weighted by Gasteiger charge is -2.30. The van der Waals surface area contributed by atoms with Crippen molar-refractivity contribution < 1.29 is 9.47 Å². The average molecular weight is 221 g/mol. The van der Waals surface area contributed by atoms with Crippen LogP contribution in [-0.4, -0.2) is 32.4 Å². The maximum atomic E-state index is 5.30. The summed E-state index contributed by atoms with van der Waals surface area (Å²) in [6.45, 7) is 4.94. The Morgan fingerprint density at radius 2 is 2.00 bits per heavy atom. The normalized spacial score (nSPS) is 11.4. The van der Waals surface area contributed by atoms with Crippen molar-refractivity contribution in [2.45, 2.75) is 11.8 Å². The van der Waals surface area contributed by atoms with Crippen LogP contribution in [0.1, 0.15) is 12.1 Å². The summed E-state index contributed by atoms with van der Waals surface area (Å²) in [5, 5.41) is 0. The van der Waals surface area contributed by atoms with E-state index in [1.54, 1.807) is 20.4 Å². The number of hydrogen-bond donors (Lipinski definition) is 0. The molecule has 0 aromatic carbocycles. The van der Waals surface area contributed by atoms with E-state index in [-0.39, 0.29) is 5.41 Å². The Bertz CT molecular complexity index is 305. The molecular weight excluding hydrogens is 202 g/mol. The largest absolute Gasteiger partial charge is 0.384 e. The second kappa shape index (κ2) is 6.40. The first-order chi connectivity index (χ1) is 7.79. The van der Waals surface area contributed by atoms with Gasteiger partial charge in [0.15, 0.2) is 0 Å². The molecule has 1 aromatic rings.